The topological polar surface area (TPSA) is 43.1 Å². The molecule has 2 radical (unpaired) electrons. The number of rotatable bonds is 3. The van der Waals surface area contributed by atoms with Gasteiger partial charge in [0, 0.05) is 17.7 Å². The van der Waals surface area contributed by atoms with Gasteiger partial charge in [-0.05, 0) is 22.6 Å². The monoisotopic (exact) mass is 277 g/mol. The molecule has 2 aromatic carbocycles. The van der Waals surface area contributed by atoms with E-state index in [2.05, 4.69) is 32.9 Å². The van der Waals surface area contributed by atoms with Crippen molar-refractivity contribution in [3.63, 3.8) is 0 Å². The molecule has 0 saturated heterocycles. The minimum Gasteiger partial charge on any atom is -0.398 e. The predicted octanol–water partition coefficient (Wildman–Crippen LogP) is 2.79. The average molecular weight is 277 g/mol. The summed E-state index contributed by atoms with van der Waals surface area (Å²) in [7, 11) is 5.72. The van der Waals surface area contributed by atoms with E-state index >= 15 is 0 Å². The summed E-state index contributed by atoms with van der Waals surface area (Å²) < 4.78 is 0. The van der Waals surface area contributed by atoms with E-state index < -0.39 is 0 Å². The molecule has 0 bridgehead atoms. The highest BCUT2D eigenvalue weighted by Gasteiger charge is 2.14. The maximum Gasteiger partial charge on any atom is 0.169 e. The van der Waals surface area contributed by atoms with Gasteiger partial charge in [0.2, 0.25) is 0 Å². The SMILES string of the molecule is [B]c1ccc(N)c(C(=O)Cc2ccc(C(C)(C)C)cc2)c1. The van der Waals surface area contributed by atoms with Crippen LogP contribution in [0.4, 0.5) is 5.69 Å². The van der Waals surface area contributed by atoms with Gasteiger partial charge in [0.15, 0.2) is 5.78 Å². The minimum atomic E-state index is -0.0108. The van der Waals surface area contributed by atoms with Crippen LogP contribution < -0.4 is 11.2 Å². The molecule has 2 rings (SSSR count). The highest BCUT2D eigenvalue weighted by molar-refractivity contribution is 6.33. The zero-order chi connectivity index (χ0) is 15.6. The van der Waals surface area contributed by atoms with Crippen molar-refractivity contribution in [2.45, 2.75) is 32.6 Å². The van der Waals surface area contributed by atoms with Gasteiger partial charge in [-0.25, -0.2) is 0 Å². The molecule has 21 heavy (non-hydrogen) atoms. The van der Waals surface area contributed by atoms with E-state index in [0.717, 1.165) is 5.56 Å². The number of hydrogen-bond donors (Lipinski definition) is 1. The fraction of sp³-hybridized carbons (Fsp3) is 0.278. The van der Waals surface area contributed by atoms with Gasteiger partial charge in [0.25, 0.3) is 0 Å². The number of hydrogen-bond acceptors (Lipinski definition) is 2. The number of Topliss-reactive ketones (excluding diaryl/α,β-unsaturated/α-hetero) is 1. The Kier molecular flexibility index (Phi) is 4.22. The second kappa shape index (κ2) is 5.76. The van der Waals surface area contributed by atoms with Crippen LogP contribution in [0.5, 0.6) is 0 Å². The fourth-order valence-corrected chi connectivity index (χ4v) is 2.22. The summed E-state index contributed by atoms with van der Waals surface area (Å²) in [5, 5.41) is 0. The van der Waals surface area contributed by atoms with Gasteiger partial charge in [0.05, 0.1) is 0 Å². The molecule has 0 aliphatic rings. The third-order valence-electron chi connectivity index (χ3n) is 3.56. The molecule has 0 atom stereocenters. The first-order chi connectivity index (χ1) is 9.77. The standard InChI is InChI=1S/C18H20BNO/c1-18(2,3)13-6-4-12(5-7-13)10-17(21)15-11-14(19)8-9-16(15)20/h4-9,11H,10,20H2,1-3H3. The number of carbonyl (C=O) groups excluding carboxylic acids is 1. The summed E-state index contributed by atoms with van der Waals surface area (Å²) in [6, 6.07) is 13.2. The van der Waals surface area contributed by atoms with Gasteiger partial charge in [-0.15, -0.1) is 0 Å². The predicted molar refractivity (Wildman–Crippen MR) is 89.4 cm³/mol. The maximum atomic E-state index is 12.3. The molecule has 0 fully saturated rings. The smallest absolute Gasteiger partial charge is 0.169 e. The number of carbonyl (C=O) groups is 1. The number of nitrogen functional groups attached to an aromatic ring is 1. The van der Waals surface area contributed by atoms with Gasteiger partial charge in [-0.2, -0.15) is 0 Å². The Morgan fingerprint density at radius 2 is 1.71 bits per heavy atom. The molecule has 0 amide bonds. The number of ketones is 1. The van der Waals surface area contributed by atoms with Crippen LogP contribution in [-0.4, -0.2) is 13.6 Å². The molecule has 0 aromatic heterocycles. The van der Waals surface area contributed by atoms with Crippen LogP contribution in [0, 0.1) is 0 Å². The van der Waals surface area contributed by atoms with Crippen molar-refractivity contribution in [1.29, 1.82) is 0 Å². The van der Waals surface area contributed by atoms with Crippen LogP contribution in [0.15, 0.2) is 42.5 Å². The van der Waals surface area contributed by atoms with E-state index in [1.54, 1.807) is 18.2 Å². The first-order valence-corrected chi connectivity index (χ1v) is 7.05. The second-order valence-electron chi connectivity index (χ2n) is 6.39. The molecule has 3 heteroatoms. The van der Waals surface area contributed by atoms with Crippen LogP contribution in [0.25, 0.3) is 0 Å². The van der Waals surface area contributed by atoms with Crippen molar-refractivity contribution in [2.24, 2.45) is 0 Å². The number of benzene rings is 2. The second-order valence-corrected chi connectivity index (χ2v) is 6.39. The first-order valence-electron chi connectivity index (χ1n) is 7.05. The molecule has 106 valence electrons. The summed E-state index contributed by atoms with van der Waals surface area (Å²) in [5.41, 5.74) is 9.71. The van der Waals surface area contributed by atoms with Crippen molar-refractivity contribution >= 4 is 24.8 Å². The Bertz CT molecular complexity index is 654. The van der Waals surface area contributed by atoms with E-state index in [4.69, 9.17) is 13.6 Å². The molecule has 2 aromatic rings. The fourth-order valence-electron chi connectivity index (χ4n) is 2.22. The summed E-state index contributed by atoms with van der Waals surface area (Å²) >= 11 is 0. The van der Waals surface area contributed by atoms with E-state index in [1.165, 1.54) is 5.56 Å². The molecule has 0 unspecified atom stereocenters. The van der Waals surface area contributed by atoms with Crippen molar-refractivity contribution in [1.82, 2.24) is 0 Å². The lowest BCUT2D eigenvalue weighted by Crippen LogP contribution is -2.13. The van der Waals surface area contributed by atoms with E-state index in [9.17, 15) is 4.79 Å². The summed E-state index contributed by atoms with van der Waals surface area (Å²) in [6.07, 6.45) is 0.331. The van der Waals surface area contributed by atoms with Crippen molar-refractivity contribution in [3.05, 3.63) is 59.2 Å². The highest BCUT2D eigenvalue weighted by Crippen LogP contribution is 2.22. The Balaban J connectivity index is 2.18. The van der Waals surface area contributed by atoms with E-state index in [1.807, 2.05) is 12.1 Å². The number of anilines is 1. The molecule has 0 saturated carbocycles. The number of nitrogens with two attached hydrogens (primary N) is 1. The molecule has 0 aliphatic heterocycles. The van der Waals surface area contributed by atoms with Crippen LogP contribution in [-0.2, 0) is 11.8 Å². The van der Waals surface area contributed by atoms with Gasteiger partial charge in [-0.3, -0.25) is 4.79 Å². The molecule has 0 aliphatic carbocycles. The first kappa shape index (κ1) is 15.4. The lowest BCUT2D eigenvalue weighted by atomic mass is 9.86. The van der Waals surface area contributed by atoms with E-state index in [0.29, 0.717) is 23.1 Å². The Labute approximate surface area is 127 Å². The molecule has 2 nitrogen and oxygen atoms in total. The summed E-state index contributed by atoms with van der Waals surface area (Å²) in [4.78, 5) is 12.3. The quantitative estimate of drug-likeness (QED) is 0.532. The van der Waals surface area contributed by atoms with Crippen molar-refractivity contribution in [3.8, 4) is 0 Å². The highest BCUT2D eigenvalue weighted by atomic mass is 16.1. The third-order valence-corrected chi connectivity index (χ3v) is 3.56. The summed E-state index contributed by atoms with van der Waals surface area (Å²) in [6.45, 7) is 6.50. The maximum absolute atomic E-state index is 12.3. The average Bonchev–Trinajstić information content (AvgIpc) is 2.41. The minimum absolute atomic E-state index is 0.0108. The Hall–Kier alpha value is -2.03. The molecular weight excluding hydrogens is 257 g/mol. The van der Waals surface area contributed by atoms with Gasteiger partial charge in [0.1, 0.15) is 7.85 Å². The van der Waals surface area contributed by atoms with E-state index in [-0.39, 0.29) is 11.2 Å². The largest absolute Gasteiger partial charge is 0.398 e. The van der Waals surface area contributed by atoms with Gasteiger partial charge in [-0.1, -0.05) is 62.6 Å². The Morgan fingerprint density at radius 3 is 2.29 bits per heavy atom. The lowest BCUT2D eigenvalue weighted by molar-refractivity contribution is 0.0994. The van der Waals surface area contributed by atoms with Crippen molar-refractivity contribution in [2.75, 3.05) is 5.73 Å². The zero-order valence-electron chi connectivity index (χ0n) is 12.8. The molecular formula is C18H20BNO. The van der Waals surface area contributed by atoms with Gasteiger partial charge >= 0.3 is 0 Å². The zero-order valence-corrected chi connectivity index (χ0v) is 12.8. The lowest BCUT2D eigenvalue weighted by Gasteiger charge is -2.19. The Morgan fingerprint density at radius 1 is 1.10 bits per heavy atom. The van der Waals surface area contributed by atoms with Crippen LogP contribution in [0.1, 0.15) is 42.3 Å². The van der Waals surface area contributed by atoms with Gasteiger partial charge < -0.3 is 5.73 Å². The molecule has 0 heterocycles. The van der Waals surface area contributed by atoms with Crippen molar-refractivity contribution < 1.29 is 4.79 Å². The van der Waals surface area contributed by atoms with Crippen LogP contribution >= 0.6 is 0 Å². The van der Waals surface area contributed by atoms with Crippen LogP contribution in [0.2, 0.25) is 0 Å². The third kappa shape index (κ3) is 3.75. The molecule has 0 spiro atoms. The normalized spacial score (nSPS) is 11.4. The molecule has 2 N–H and O–H groups in total. The van der Waals surface area contributed by atoms with Crippen LogP contribution in [0.3, 0.4) is 0 Å². The summed E-state index contributed by atoms with van der Waals surface area (Å²) in [5.74, 6) is -0.0108.